The van der Waals surface area contributed by atoms with Crippen LogP contribution in [-0.4, -0.2) is 34.2 Å². The van der Waals surface area contributed by atoms with E-state index >= 15 is 0 Å². The van der Waals surface area contributed by atoms with Gasteiger partial charge in [0, 0.05) is 18.1 Å². The minimum Gasteiger partial charge on any atom is -0.368 e. The highest BCUT2D eigenvalue weighted by Crippen LogP contribution is 2.21. The molecule has 1 aromatic heterocycles. The summed E-state index contributed by atoms with van der Waals surface area (Å²) >= 11 is 1.59. The quantitative estimate of drug-likeness (QED) is 0.852. The van der Waals surface area contributed by atoms with Crippen LogP contribution in [0.5, 0.6) is 0 Å². The Morgan fingerprint density at radius 2 is 2.28 bits per heavy atom. The molecule has 1 unspecified atom stereocenters. The molecule has 0 aromatic carbocycles. The molecule has 90 valence electrons. The smallest absolute Gasteiger partial charge is 0.222 e. The molecule has 2 aliphatic heterocycles. The summed E-state index contributed by atoms with van der Waals surface area (Å²) in [6.45, 7) is 0. The van der Waals surface area contributed by atoms with Gasteiger partial charge >= 0.3 is 0 Å². The number of rotatable bonds is 2. The van der Waals surface area contributed by atoms with Crippen molar-refractivity contribution in [2.45, 2.75) is 11.8 Å². The number of amidine groups is 1. The maximum atomic E-state index is 5.65. The third kappa shape index (κ3) is 2.17. The van der Waals surface area contributed by atoms with E-state index in [4.69, 9.17) is 5.73 Å². The van der Waals surface area contributed by atoms with Crippen molar-refractivity contribution >= 4 is 34.9 Å². The minimum atomic E-state index is -0.182. The minimum absolute atomic E-state index is 0.182. The highest BCUT2D eigenvalue weighted by Gasteiger charge is 2.28. The summed E-state index contributed by atoms with van der Waals surface area (Å²) in [6, 6.07) is 3.75. The molecule has 18 heavy (non-hydrogen) atoms. The zero-order chi connectivity index (χ0) is 12.4. The van der Waals surface area contributed by atoms with E-state index in [1.807, 2.05) is 18.3 Å². The van der Waals surface area contributed by atoms with E-state index in [2.05, 4.69) is 25.0 Å². The number of hydrogen-bond donors (Lipinski definition) is 1. The van der Waals surface area contributed by atoms with E-state index in [0.717, 1.165) is 16.4 Å². The number of thioether (sulfide) groups is 1. The topological polar surface area (TPSA) is 88.3 Å². The first-order valence-corrected chi connectivity index (χ1v) is 6.35. The van der Waals surface area contributed by atoms with Crippen LogP contribution < -0.4 is 5.73 Å². The van der Waals surface area contributed by atoms with Crippen LogP contribution >= 0.6 is 11.8 Å². The molecule has 0 saturated carbocycles. The van der Waals surface area contributed by atoms with Crippen molar-refractivity contribution in [2.24, 2.45) is 25.7 Å². The molecule has 0 fully saturated rings. The zero-order valence-corrected chi connectivity index (χ0v) is 10.2. The van der Waals surface area contributed by atoms with E-state index < -0.39 is 0 Å². The van der Waals surface area contributed by atoms with Crippen molar-refractivity contribution in [1.82, 2.24) is 4.98 Å². The van der Waals surface area contributed by atoms with Crippen LogP contribution in [0.15, 0.2) is 44.5 Å². The number of guanidine groups is 1. The molecule has 7 heteroatoms. The molecule has 0 saturated heterocycles. The standard InChI is InChI=1S/C11H10N6S/c12-11-16-9-8(14-6-15-9)10(17-11)18-5-7-2-1-3-13-4-7/h1-4,6,8H,5H2,(H2,12,14,15,16). The van der Waals surface area contributed by atoms with Crippen LogP contribution in [0.1, 0.15) is 5.56 Å². The van der Waals surface area contributed by atoms with Gasteiger partial charge in [0.2, 0.25) is 5.96 Å². The Morgan fingerprint density at radius 3 is 3.11 bits per heavy atom. The average Bonchev–Trinajstić information content (AvgIpc) is 2.85. The van der Waals surface area contributed by atoms with Gasteiger partial charge in [-0.15, -0.1) is 11.8 Å². The van der Waals surface area contributed by atoms with Gasteiger partial charge in [-0.25, -0.2) is 9.98 Å². The highest BCUT2D eigenvalue weighted by molar-refractivity contribution is 8.13. The van der Waals surface area contributed by atoms with E-state index in [1.54, 1.807) is 18.0 Å². The van der Waals surface area contributed by atoms with Gasteiger partial charge < -0.3 is 5.73 Å². The Labute approximate surface area is 108 Å². The van der Waals surface area contributed by atoms with Gasteiger partial charge in [0.05, 0.1) is 0 Å². The number of hydrogen-bond acceptors (Lipinski definition) is 7. The third-order valence-electron chi connectivity index (χ3n) is 2.45. The summed E-state index contributed by atoms with van der Waals surface area (Å²) in [5.74, 6) is 1.64. The molecule has 0 bridgehead atoms. The molecule has 2 N–H and O–H groups in total. The summed E-state index contributed by atoms with van der Waals surface area (Å²) in [4.78, 5) is 20.7. The first kappa shape index (κ1) is 11.1. The predicted molar refractivity (Wildman–Crippen MR) is 74.3 cm³/mol. The Kier molecular flexibility index (Phi) is 2.89. The van der Waals surface area contributed by atoms with Gasteiger partial charge in [-0.3, -0.25) is 9.98 Å². The van der Waals surface area contributed by atoms with Crippen molar-refractivity contribution in [3.63, 3.8) is 0 Å². The van der Waals surface area contributed by atoms with Crippen LogP contribution in [-0.2, 0) is 5.75 Å². The van der Waals surface area contributed by atoms with E-state index in [-0.39, 0.29) is 12.0 Å². The first-order valence-electron chi connectivity index (χ1n) is 5.37. The van der Waals surface area contributed by atoms with Crippen LogP contribution in [0.2, 0.25) is 0 Å². The number of pyridine rings is 1. The van der Waals surface area contributed by atoms with E-state index in [9.17, 15) is 0 Å². The Balaban J connectivity index is 1.75. The van der Waals surface area contributed by atoms with Gasteiger partial charge in [-0.1, -0.05) is 6.07 Å². The van der Waals surface area contributed by atoms with Crippen molar-refractivity contribution < 1.29 is 0 Å². The molecule has 1 aromatic rings. The number of aliphatic imine (C=N–C) groups is 4. The maximum Gasteiger partial charge on any atom is 0.222 e. The van der Waals surface area contributed by atoms with Gasteiger partial charge in [-0.05, 0) is 11.6 Å². The van der Waals surface area contributed by atoms with Gasteiger partial charge in [-0.2, -0.15) is 4.99 Å². The van der Waals surface area contributed by atoms with Crippen LogP contribution in [0.4, 0.5) is 0 Å². The molecule has 0 spiro atoms. The molecular formula is C11H10N6S. The molecule has 0 amide bonds. The van der Waals surface area contributed by atoms with Crippen LogP contribution in [0.25, 0.3) is 0 Å². The van der Waals surface area contributed by atoms with Crippen LogP contribution in [0.3, 0.4) is 0 Å². The maximum absolute atomic E-state index is 5.65. The monoisotopic (exact) mass is 258 g/mol. The van der Waals surface area contributed by atoms with Crippen LogP contribution in [0, 0.1) is 0 Å². The molecule has 3 rings (SSSR count). The largest absolute Gasteiger partial charge is 0.368 e. The first-order chi connectivity index (χ1) is 8.83. The summed E-state index contributed by atoms with van der Waals surface area (Å²) in [7, 11) is 0. The normalized spacial score (nSPS) is 21.1. The summed E-state index contributed by atoms with van der Waals surface area (Å²) in [5, 5.41) is 0.832. The second-order valence-electron chi connectivity index (χ2n) is 3.72. The molecule has 2 aliphatic rings. The Morgan fingerprint density at radius 1 is 1.33 bits per heavy atom. The molecule has 6 nitrogen and oxygen atoms in total. The lowest BCUT2D eigenvalue weighted by molar-refractivity contribution is 1.15. The van der Waals surface area contributed by atoms with Gasteiger partial charge in [0.15, 0.2) is 11.9 Å². The lowest BCUT2D eigenvalue weighted by Crippen LogP contribution is -2.31. The molecule has 0 aliphatic carbocycles. The molecule has 0 radical (unpaired) electrons. The average molecular weight is 258 g/mol. The molecular weight excluding hydrogens is 248 g/mol. The van der Waals surface area contributed by atoms with Crippen molar-refractivity contribution in [3.05, 3.63) is 30.1 Å². The number of nitrogens with zero attached hydrogens (tertiary/aromatic N) is 5. The number of fused-ring (bicyclic) bond motifs is 1. The van der Waals surface area contributed by atoms with Gasteiger partial charge in [0.25, 0.3) is 0 Å². The van der Waals surface area contributed by atoms with Crippen molar-refractivity contribution in [1.29, 1.82) is 0 Å². The zero-order valence-electron chi connectivity index (χ0n) is 9.39. The Hall–Kier alpha value is -2.02. The lowest BCUT2D eigenvalue weighted by atomic mass is 10.3. The molecule has 1 atom stereocenters. The fourth-order valence-electron chi connectivity index (χ4n) is 1.63. The summed E-state index contributed by atoms with van der Waals surface area (Å²) < 4.78 is 0. The lowest BCUT2D eigenvalue weighted by Gasteiger charge is -2.15. The second-order valence-corrected chi connectivity index (χ2v) is 4.72. The third-order valence-corrected chi connectivity index (χ3v) is 3.54. The number of nitrogens with two attached hydrogens (primary N) is 1. The molecule has 3 heterocycles. The SMILES string of the molecule is NC1=NC2=NC=NC2C(SCc2cccnc2)=N1. The Bertz CT molecular complexity index is 574. The second kappa shape index (κ2) is 4.69. The van der Waals surface area contributed by atoms with E-state index in [1.165, 1.54) is 6.34 Å². The number of aromatic nitrogens is 1. The van der Waals surface area contributed by atoms with Gasteiger partial charge in [0.1, 0.15) is 11.4 Å². The summed E-state index contributed by atoms with van der Waals surface area (Å²) in [5.41, 5.74) is 6.78. The fourth-order valence-corrected chi connectivity index (χ4v) is 2.60. The summed E-state index contributed by atoms with van der Waals surface area (Å²) in [6.07, 6.45) is 5.09. The fraction of sp³-hybridized carbons (Fsp3) is 0.182. The predicted octanol–water partition coefficient (Wildman–Crippen LogP) is 0.851. The highest BCUT2D eigenvalue weighted by atomic mass is 32.2. The van der Waals surface area contributed by atoms with Crippen molar-refractivity contribution in [3.8, 4) is 0 Å². The van der Waals surface area contributed by atoms with Crippen molar-refractivity contribution in [2.75, 3.05) is 0 Å². The van der Waals surface area contributed by atoms with E-state index in [0.29, 0.717) is 5.84 Å².